The maximum absolute atomic E-state index is 11.1. The first-order chi connectivity index (χ1) is 7.09. The Bertz CT molecular complexity index is 351. The predicted octanol–water partition coefficient (Wildman–Crippen LogP) is 2.64. The number of halogens is 1. The van der Waals surface area contributed by atoms with Crippen LogP contribution in [0.5, 0.6) is 0 Å². The highest BCUT2D eigenvalue weighted by Gasteiger charge is 2.19. The molecule has 0 fully saturated rings. The minimum atomic E-state index is -0.480. The summed E-state index contributed by atoms with van der Waals surface area (Å²) in [6.45, 7) is 1.43. The van der Waals surface area contributed by atoms with Gasteiger partial charge in [0.25, 0.3) is 0 Å². The minimum absolute atomic E-state index is 0.0927. The summed E-state index contributed by atoms with van der Waals surface area (Å²) >= 11 is 6.41. The van der Waals surface area contributed by atoms with Gasteiger partial charge in [-0.05, 0) is 23.6 Å². The van der Waals surface area contributed by atoms with E-state index in [-0.39, 0.29) is 5.12 Å². The maximum Gasteiger partial charge on any atom is 0.235 e. The standard InChI is InChI=1S/C11H11ClO2S/c1-8(13)15-10(11(12)14)7-9-5-3-2-4-6-9/h2-6,10H,7H2,1H3/t10-/m0/s1. The van der Waals surface area contributed by atoms with E-state index in [1.165, 1.54) is 6.92 Å². The van der Waals surface area contributed by atoms with Gasteiger partial charge >= 0.3 is 0 Å². The lowest BCUT2D eigenvalue weighted by molar-refractivity contribution is -0.112. The summed E-state index contributed by atoms with van der Waals surface area (Å²) in [5, 5.41) is -1.05. The van der Waals surface area contributed by atoms with Gasteiger partial charge in [0.15, 0.2) is 5.12 Å². The number of hydrogen-bond donors (Lipinski definition) is 0. The molecule has 2 nitrogen and oxygen atoms in total. The van der Waals surface area contributed by atoms with Crippen LogP contribution in [-0.4, -0.2) is 15.6 Å². The lowest BCUT2D eigenvalue weighted by Crippen LogP contribution is -2.16. The average Bonchev–Trinajstić information content (AvgIpc) is 2.17. The molecule has 1 atom stereocenters. The van der Waals surface area contributed by atoms with Gasteiger partial charge in [0, 0.05) is 6.92 Å². The molecule has 0 heterocycles. The first-order valence-corrected chi connectivity index (χ1v) is 5.76. The summed E-state index contributed by atoms with van der Waals surface area (Å²) in [7, 11) is 0. The van der Waals surface area contributed by atoms with Crippen molar-refractivity contribution >= 4 is 33.7 Å². The van der Waals surface area contributed by atoms with Gasteiger partial charge in [-0.2, -0.15) is 0 Å². The molecule has 0 aliphatic heterocycles. The van der Waals surface area contributed by atoms with Gasteiger partial charge in [-0.25, -0.2) is 0 Å². The predicted molar refractivity (Wildman–Crippen MR) is 63.1 cm³/mol. The van der Waals surface area contributed by atoms with Crippen molar-refractivity contribution in [2.45, 2.75) is 18.6 Å². The number of rotatable bonds is 4. The van der Waals surface area contributed by atoms with Crippen molar-refractivity contribution in [3.05, 3.63) is 35.9 Å². The van der Waals surface area contributed by atoms with Gasteiger partial charge < -0.3 is 0 Å². The van der Waals surface area contributed by atoms with Gasteiger partial charge in [0.1, 0.15) is 0 Å². The Balaban J connectivity index is 2.67. The zero-order valence-corrected chi connectivity index (χ0v) is 9.85. The monoisotopic (exact) mass is 242 g/mol. The van der Waals surface area contributed by atoms with Crippen LogP contribution in [0.1, 0.15) is 12.5 Å². The summed E-state index contributed by atoms with van der Waals surface area (Å²) in [5.41, 5.74) is 1.00. The highest BCUT2D eigenvalue weighted by molar-refractivity contribution is 8.14. The van der Waals surface area contributed by atoms with Gasteiger partial charge in [-0.15, -0.1) is 0 Å². The third-order valence-electron chi connectivity index (χ3n) is 1.83. The van der Waals surface area contributed by atoms with Crippen LogP contribution in [0.2, 0.25) is 0 Å². The lowest BCUT2D eigenvalue weighted by atomic mass is 10.1. The Morgan fingerprint density at radius 3 is 2.40 bits per heavy atom. The Morgan fingerprint density at radius 1 is 1.33 bits per heavy atom. The number of carbonyl (C=O) groups excluding carboxylic acids is 2. The Morgan fingerprint density at radius 2 is 1.93 bits per heavy atom. The molecule has 0 aliphatic rings. The zero-order chi connectivity index (χ0) is 11.3. The van der Waals surface area contributed by atoms with Crippen molar-refractivity contribution in [1.82, 2.24) is 0 Å². The third kappa shape index (κ3) is 4.49. The Kier molecular flexibility index (Phi) is 4.85. The molecule has 0 N–H and O–H groups in total. The van der Waals surface area contributed by atoms with Crippen LogP contribution < -0.4 is 0 Å². The zero-order valence-electron chi connectivity index (χ0n) is 8.27. The number of benzene rings is 1. The SMILES string of the molecule is CC(=O)S[C@@H](Cc1ccccc1)C(=O)Cl. The molecule has 0 saturated carbocycles. The van der Waals surface area contributed by atoms with Crippen LogP contribution in [-0.2, 0) is 16.0 Å². The molecule has 4 heteroatoms. The lowest BCUT2D eigenvalue weighted by Gasteiger charge is -2.09. The molecule has 0 bridgehead atoms. The molecule has 0 aliphatic carbocycles. The Labute approximate surface area is 98.0 Å². The summed E-state index contributed by atoms with van der Waals surface area (Å²) in [4.78, 5) is 22.0. The largest absolute Gasteiger partial charge is 0.288 e. The first-order valence-electron chi connectivity index (χ1n) is 4.50. The molecular weight excluding hydrogens is 232 g/mol. The van der Waals surface area contributed by atoms with E-state index in [1.807, 2.05) is 30.3 Å². The maximum atomic E-state index is 11.1. The molecule has 1 aromatic carbocycles. The van der Waals surface area contributed by atoms with Gasteiger partial charge in [-0.1, -0.05) is 42.1 Å². The van der Waals surface area contributed by atoms with Crippen molar-refractivity contribution in [1.29, 1.82) is 0 Å². The van der Waals surface area contributed by atoms with Gasteiger partial charge in [0.2, 0.25) is 5.24 Å². The smallest absolute Gasteiger partial charge is 0.235 e. The molecule has 0 radical (unpaired) electrons. The molecule has 0 unspecified atom stereocenters. The Hall–Kier alpha value is -0.800. The van der Waals surface area contributed by atoms with Crippen LogP contribution in [0.3, 0.4) is 0 Å². The molecule has 1 aromatic rings. The second kappa shape index (κ2) is 5.93. The summed E-state index contributed by atoms with van der Waals surface area (Å²) in [6.07, 6.45) is 0.493. The van der Waals surface area contributed by atoms with Gasteiger partial charge in [-0.3, -0.25) is 9.59 Å². The normalized spacial score (nSPS) is 12.1. The molecular formula is C11H11ClO2S. The number of hydrogen-bond acceptors (Lipinski definition) is 3. The quantitative estimate of drug-likeness (QED) is 0.762. The van der Waals surface area contributed by atoms with Crippen molar-refractivity contribution in [3.8, 4) is 0 Å². The fourth-order valence-corrected chi connectivity index (χ4v) is 2.18. The van der Waals surface area contributed by atoms with Crippen molar-refractivity contribution in [2.75, 3.05) is 0 Å². The van der Waals surface area contributed by atoms with Crippen LogP contribution in [0.25, 0.3) is 0 Å². The molecule has 80 valence electrons. The van der Waals surface area contributed by atoms with E-state index in [4.69, 9.17) is 11.6 Å². The highest BCUT2D eigenvalue weighted by atomic mass is 35.5. The van der Waals surface area contributed by atoms with Crippen molar-refractivity contribution < 1.29 is 9.59 Å². The van der Waals surface area contributed by atoms with Crippen molar-refractivity contribution in [2.24, 2.45) is 0 Å². The van der Waals surface area contributed by atoms with E-state index in [2.05, 4.69) is 0 Å². The van der Waals surface area contributed by atoms with E-state index in [9.17, 15) is 9.59 Å². The molecule has 0 spiro atoms. The average molecular weight is 243 g/mol. The third-order valence-corrected chi connectivity index (χ3v) is 3.22. The van der Waals surface area contributed by atoms with Crippen LogP contribution in [0.4, 0.5) is 0 Å². The van der Waals surface area contributed by atoms with Crippen LogP contribution in [0.15, 0.2) is 30.3 Å². The van der Waals surface area contributed by atoms with Crippen LogP contribution in [0, 0.1) is 0 Å². The van der Waals surface area contributed by atoms with Crippen molar-refractivity contribution in [3.63, 3.8) is 0 Å². The summed E-state index contributed by atoms with van der Waals surface area (Å²) in [6, 6.07) is 9.51. The van der Waals surface area contributed by atoms with Gasteiger partial charge in [0.05, 0.1) is 5.25 Å². The van der Waals surface area contributed by atoms with E-state index in [0.717, 1.165) is 17.3 Å². The number of carbonyl (C=O) groups is 2. The second-order valence-corrected chi connectivity index (χ2v) is 4.84. The highest BCUT2D eigenvalue weighted by Crippen LogP contribution is 2.19. The molecule has 0 aromatic heterocycles. The topological polar surface area (TPSA) is 34.1 Å². The molecule has 0 saturated heterocycles. The van der Waals surface area contributed by atoms with E-state index in [1.54, 1.807) is 0 Å². The molecule has 0 amide bonds. The van der Waals surface area contributed by atoms with E-state index < -0.39 is 10.5 Å². The number of thioether (sulfide) groups is 1. The van der Waals surface area contributed by atoms with Crippen LogP contribution >= 0.6 is 23.4 Å². The molecule has 1 rings (SSSR count). The minimum Gasteiger partial charge on any atom is -0.288 e. The summed E-state index contributed by atoms with van der Waals surface area (Å²) in [5.74, 6) is 0. The fourth-order valence-electron chi connectivity index (χ4n) is 1.20. The summed E-state index contributed by atoms with van der Waals surface area (Å²) < 4.78 is 0. The van der Waals surface area contributed by atoms with E-state index >= 15 is 0 Å². The molecule has 15 heavy (non-hydrogen) atoms. The first kappa shape index (κ1) is 12.3. The second-order valence-electron chi connectivity index (χ2n) is 3.09. The van der Waals surface area contributed by atoms with E-state index in [0.29, 0.717) is 6.42 Å². The fraction of sp³-hybridized carbons (Fsp3) is 0.273.